The molecule has 42 heavy (non-hydrogen) atoms. The van der Waals surface area contributed by atoms with Crippen molar-refractivity contribution in [2.24, 2.45) is 0 Å². The lowest BCUT2D eigenvalue weighted by molar-refractivity contribution is 0.669. The number of fused-ring (bicyclic) bond motifs is 3. The lowest BCUT2D eigenvalue weighted by Crippen LogP contribution is -2.03. The molecule has 0 radical (unpaired) electrons. The van der Waals surface area contributed by atoms with Crippen molar-refractivity contribution in [1.29, 1.82) is 10.5 Å². The molecule has 0 unspecified atom stereocenters. The number of para-hydroxylation sites is 1. The summed E-state index contributed by atoms with van der Waals surface area (Å²) in [6.07, 6.45) is 7.31. The number of aromatic nitrogens is 3. The van der Waals surface area contributed by atoms with Crippen molar-refractivity contribution in [3.8, 4) is 46.0 Å². The molecule has 0 amide bonds. The van der Waals surface area contributed by atoms with Gasteiger partial charge in [-0.25, -0.2) is 15.0 Å². The smallest absolute Gasteiger partial charge is 0.164 e. The second kappa shape index (κ2) is 11.2. The number of benzene rings is 4. The van der Waals surface area contributed by atoms with Crippen LogP contribution in [0.4, 0.5) is 0 Å². The lowest BCUT2D eigenvalue weighted by atomic mass is 9.98. The van der Waals surface area contributed by atoms with Gasteiger partial charge in [0.1, 0.15) is 11.2 Å². The fraction of sp³-hybridized carbons (Fsp3) is 0.0278. The summed E-state index contributed by atoms with van der Waals surface area (Å²) in [7, 11) is 0. The van der Waals surface area contributed by atoms with Gasteiger partial charge in [-0.15, -0.1) is 0 Å². The Morgan fingerprint density at radius 3 is 2.24 bits per heavy atom. The Morgan fingerprint density at radius 1 is 0.714 bits per heavy atom. The third-order valence-electron chi connectivity index (χ3n) is 6.82. The molecule has 6 aromatic rings. The zero-order valence-electron chi connectivity index (χ0n) is 22.7. The van der Waals surface area contributed by atoms with E-state index in [1.807, 2.05) is 79.7 Å². The summed E-state index contributed by atoms with van der Waals surface area (Å²) in [6.45, 7) is 5.75. The van der Waals surface area contributed by atoms with Crippen LogP contribution in [0.3, 0.4) is 0 Å². The van der Waals surface area contributed by atoms with Crippen LogP contribution in [-0.4, -0.2) is 15.0 Å². The standard InChI is InChI=1S/C36H23N5O/c1-3-8-25(9-4-2)34-39-35(27-11-7-10-23(16-27)21-37)41-36(40-34)29-18-24(22-38)17-28(19-29)26-14-15-33-31(20-26)30-12-5-6-13-32(30)42-33/h3-20H,1H2,2H3/b9-4-,25-8+. The Bertz CT molecular complexity index is 2150. The highest BCUT2D eigenvalue weighted by Gasteiger charge is 2.16. The van der Waals surface area contributed by atoms with Gasteiger partial charge in [-0.2, -0.15) is 10.5 Å². The Hall–Kier alpha value is -6.11. The molecule has 6 heteroatoms. The molecule has 0 fully saturated rings. The van der Waals surface area contributed by atoms with E-state index in [4.69, 9.17) is 19.4 Å². The molecule has 0 aliphatic carbocycles. The van der Waals surface area contributed by atoms with Gasteiger partial charge in [-0.3, -0.25) is 0 Å². The molecular formula is C36H23N5O. The predicted molar refractivity (Wildman–Crippen MR) is 166 cm³/mol. The van der Waals surface area contributed by atoms with Crippen molar-refractivity contribution in [1.82, 2.24) is 15.0 Å². The van der Waals surface area contributed by atoms with E-state index >= 15 is 0 Å². The third-order valence-corrected chi connectivity index (χ3v) is 6.82. The molecule has 6 nitrogen and oxygen atoms in total. The molecule has 6 rings (SSSR count). The van der Waals surface area contributed by atoms with E-state index in [9.17, 15) is 10.5 Å². The monoisotopic (exact) mass is 541 g/mol. The first-order valence-corrected chi connectivity index (χ1v) is 13.3. The van der Waals surface area contributed by atoms with Gasteiger partial charge in [0.25, 0.3) is 0 Å². The van der Waals surface area contributed by atoms with Gasteiger partial charge in [-0.05, 0) is 66.6 Å². The number of furan rings is 1. The minimum Gasteiger partial charge on any atom is -0.456 e. The molecule has 0 atom stereocenters. The van der Waals surface area contributed by atoms with Crippen molar-refractivity contribution < 1.29 is 4.42 Å². The third kappa shape index (κ3) is 4.97. The van der Waals surface area contributed by atoms with Crippen LogP contribution < -0.4 is 0 Å². The van der Waals surface area contributed by atoms with Crippen LogP contribution in [0.15, 0.2) is 120 Å². The molecule has 0 bridgehead atoms. The van der Waals surface area contributed by atoms with Crippen LogP contribution in [0.25, 0.3) is 61.4 Å². The summed E-state index contributed by atoms with van der Waals surface area (Å²) in [4.78, 5) is 14.4. The van der Waals surface area contributed by atoms with Crippen molar-refractivity contribution in [3.05, 3.63) is 133 Å². The van der Waals surface area contributed by atoms with E-state index in [2.05, 4.69) is 24.8 Å². The maximum Gasteiger partial charge on any atom is 0.164 e. The SMILES string of the molecule is C=C/C=C(\C=C/C)c1nc(-c2cccc(C#N)c2)nc(-c2cc(C#N)cc(-c3ccc4oc5ccccc5c4c3)c2)n1. The first-order valence-electron chi connectivity index (χ1n) is 13.3. The highest BCUT2D eigenvalue weighted by atomic mass is 16.3. The second-order valence-electron chi connectivity index (χ2n) is 9.58. The molecule has 2 aromatic heterocycles. The Kier molecular flexibility index (Phi) is 6.95. The van der Waals surface area contributed by atoms with Crippen LogP contribution in [0.1, 0.15) is 23.9 Å². The van der Waals surface area contributed by atoms with Gasteiger partial charge in [0.2, 0.25) is 0 Å². The molecule has 4 aromatic carbocycles. The van der Waals surface area contributed by atoms with Crippen LogP contribution in [0, 0.1) is 22.7 Å². The fourth-order valence-corrected chi connectivity index (χ4v) is 4.90. The van der Waals surface area contributed by atoms with E-state index in [0.29, 0.717) is 39.7 Å². The predicted octanol–water partition coefficient (Wildman–Crippen LogP) is 8.66. The number of nitriles is 2. The van der Waals surface area contributed by atoms with Crippen molar-refractivity contribution in [3.63, 3.8) is 0 Å². The maximum atomic E-state index is 9.96. The fourth-order valence-electron chi connectivity index (χ4n) is 4.90. The van der Waals surface area contributed by atoms with Gasteiger partial charge in [0.05, 0.1) is 23.3 Å². The summed E-state index contributed by atoms with van der Waals surface area (Å²) in [5.41, 5.74) is 6.49. The van der Waals surface area contributed by atoms with Crippen LogP contribution in [0.5, 0.6) is 0 Å². The van der Waals surface area contributed by atoms with E-state index in [1.165, 1.54) is 0 Å². The highest BCUT2D eigenvalue weighted by Crippen LogP contribution is 2.34. The van der Waals surface area contributed by atoms with E-state index in [0.717, 1.165) is 38.6 Å². The summed E-state index contributed by atoms with van der Waals surface area (Å²) in [5, 5.41) is 21.4. The number of nitrogens with zero attached hydrogens (tertiary/aromatic N) is 5. The van der Waals surface area contributed by atoms with Crippen LogP contribution in [-0.2, 0) is 0 Å². The molecule has 198 valence electrons. The molecule has 0 N–H and O–H groups in total. The Balaban J connectivity index is 1.56. The van der Waals surface area contributed by atoms with E-state index in [-0.39, 0.29) is 0 Å². The zero-order chi connectivity index (χ0) is 29.1. The average molecular weight is 542 g/mol. The van der Waals surface area contributed by atoms with E-state index in [1.54, 1.807) is 30.3 Å². The molecule has 0 spiro atoms. The highest BCUT2D eigenvalue weighted by molar-refractivity contribution is 6.06. The van der Waals surface area contributed by atoms with Gasteiger partial charge in [0, 0.05) is 27.5 Å². The molecule has 0 saturated carbocycles. The van der Waals surface area contributed by atoms with Gasteiger partial charge >= 0.3 is 0 Å². The summed E-state index contributed by atoms with van der Waals surface area (Å²) < 4.78 is 6.01. The van der Waals surface area contributed by atoms with Crippen LogP contribution >= 0.6 is 0 Å². The summed E-state index contributed by atoms with van der Waals surface area (Å²) >= 11 is 0. The number of rotatable bonds is 6. The number of hydrogen-bond acceptors (Lipinski definition) is 6. The Morgan fingerprint density at radius 2 is 1.45 bits per heavy atom. The summed E-state index contributed by atoms with van der Waals surface area (Å²) in [5.74, 6) is 1.28. The lowest BCUT2D eigenvalue weighted by Gasteiger charge is -2.11. The quantitative estimate of drug-likeness (QED) is 0.196. The number of hydrogen-bond donors (Lipinski definition) is 0. The average Bonchev–Trinajstić information content (AvgIpc) is 3.42. The topological polar surface area (TPSA) is 99.4 Å². The number of allylic oxidation sites excluding steroid dienone is 5. The minimum absolute atomic E-state index is 0.407. The van der Waals surface area contributed by atoms with Gasteiger partial charge in [0.15, 0.2) is 17.5 Å². The van der Waals surface area contributed by atoms with Crippen molar-refractivity contribution in [2.75, 3.05) is 0 Å². The Labute approximate surface area is 242 Å². The van der Waals surface area contributed by atoms with Gasteiger partial charge < -0.3 is 4.42 Å². The molecule has 2 heterocycles. The zero-order valence-corrected chi connectivity index (χ0v) is 22.7. The molecular weight excluding hydrogens is 518 g/mol. The first kappa shape index (κ1) is 26.1. The van der Waals surface area contributed by atoms with Crippen LogP contribution in [0.2, 0.25) is 0 Å². The normalized spacial score (nSPS) is 11.5. The maximum absolute atomic E-state index is 9.96. The van der Waals surface area contributed by atoms with Crippen molar-refractivity contribution in [2.45, 2.75) is 6.92 Å². The molecule has 0 saturated heterocycles. The second-order valence-corrected chi connectivity index (χ2v) is 9.58. The largest absolute Gasteiger partial charge is 0.456 e. The van der Waals surface area contributed by atoms with Gasteiger partial charge in [-0.1, -0.05) is 67.3 Å². The summed E-state index contributed by atoms with van der Waals surface area (Å²) in [6, 6.07) is 31.2. The molecule has 0 aliphatic heterocycles. The van der Waals surface area contributed by atoms with Crippen molar-refractivity contribution >= 4 is 27.5 Å². The molecule has 0 aliphatic rings. The van der Waals surface area contributed by atoms with E-state index < -0.39 is 0 Å². The minimum atomic E-state index is 0.407. The first-order chi connectivity index (χ1) is 20.6.